The maximum atomic E-state index is 12.9. The van der Waals surface area contributed by atoms with E-state index in [1.807, 2.05) is 24.3 Å². The van der Waals surface area contributed by atoms with Gasteiger partial charge >= 0.3 is 0 Å². The molecule has 184 valence electrons. The first kappa shape index (κ1) is 24.3. The van der Waals surface area contributed by atoms with Crippen LogP contribution in [-0.2, 0) is 18.4 Å². The van der Waals surface area contributed by atoms with Gasteiger partial charge in [-0.05, 0) is 42.5 Å². The molecule has 0 bridgehead atoms. The molecule has 1 aliphatic rings. The van der Waals surface area contributed by atoms with E-state index in [0.29, 0.717) is 18.0 Å². The molecule has 4 rings (SSSR count). The summed E-state index contributed by atoms with van der Waals surface area (Å²) in [5.74, 6) is 0.0760. The number of rotatable bonds is 8. The minimum Gasteiger partial charge on any atom is -0.451 e. The van der Waals surface area contributed by atoms with Gasteiger partial charge in [-0.25, -0.2) is 0 Å². The van der Waals surface area contributed by atoms with E-state index < -0.39 is 11.9 Å². The van der Waals surface area contributed by atoms with Crippen molar-refractivity contribution in [3.8, 4) is 11.3 Å². The number of hydrogen-bond donors (Lipinski definition) is 3. The van der Waals surface area contributed by atoms with Crippen LogP contribution in [-0.4, -0.2) is 40.6 Å². The molecule has 9 nitrogen and oxygen atoms in total. The summed E-state index contributed by atoms with van der Waals surface area (Å²) < 4.78 is 7.33. The fraction of sp³-hybridized carbons (Fsp3) is 0.385. The third-order valence-corrected chi connectivity index (χ3v) is 6.51. The molecule has 0 saturated heterocycles. The van der Waals surface area contributed by atoms with Crippen LogP contribution < -0.4 is 16.0 Å². The molecule has 0 aliphatic heterocycles. The first-order chi connectivity index (χ1) is 17.0. The van der Waals surface area contributed by atoms with Crippen LogP contribution in [0.25, 0.3) is 11.3 Å². The van der Waals surface area contributed by atoms with Crippen LogP contribution in [0.3, 0.4) is 0 Å². The number of amides is 3. The Morgan fingerprint density at radius 3 is 2.43 bits per heavy atom. The number of aryl methyl sites for hydroxylation is 1. The fourth-order valence-corrected chi connectivity index (χ4v) is 4.50. The van der Waals surface area contributed by atoms with E-state index in [2.05, 4.69) is 21.0 Å². The second kappa shape index (κ2) is 11.0. The SMILES string of the molecule is CNC(=O)C(NC(=O)c1ccc(-c2ccc(CNC(=O)c3ccnn3C)cc2)o1)C1CCCCC1. The minimum absolute atomic E-state index is 0.132. The number of hydrogen-bond acceptors (Lipinski definition) is 5. The summed E-state index contributed by atoms with van der Waals surface area (Å²) in [6.45, 7) is 0.373. The van der Waals surface area contributed by atoms with Gasteiger partial charge in [0.1, 0.15) is 17.5 Å². The zero-order chi connectivity index (χ0) is 24.8. The van der Waals surface area contributed by atoms with Crippen molar-refractivity contribution in [1.82, 2.24) is 25.7 Å². The summed E-state index contributed by atoms with van der Waals surface area (Å²) in [4.78, 5) is 37.5. The molecule has 3 N–H and O–H groups in total. The highest BCUT2D eigenvalue weighted by Crippen LogP contribution is 2.27. The van der Waals surface area contributed by atoms with Crippen LogP contribution in [0.15, 0.2) is 53.1 Å². The second-order valence-electron chi connectivity index (χ2n) is 8.85. The van der Waals surface area contributed by atoms with Gasteiger partial charge in [-0.2, -0.15) is 5.10 Å². The van der Waals surface area contributed by atoms with Gasteiger partial charge in [0.2, 0.25) is 5.91 Å². The van der Waals surface area contributed by atoms with E-state index >= 15 is 0 Å². The van der Waals surface area contributed by atoms with Gasteiger partial charge in [0.05, 0.1) is 0 Å². The van der Waals surface area contributed by atoms with E-state index in [0.717, 1.165) is 36.8 Å². The lowest BCUT2D eigenvalue weighted by molar-refractivity contribution is -0.124. The number of carbonyl (C=O) groups is 3. The monoisotopic (exact) mass is 477 g/mol. The first-order valence-electron chi connectivity index (χ1n) is 11.9. The van der Waals surface area contributed by atoms with Crippen LogP contribution in [0.2, 0.25) is 0 Å². The number of nitrogens with zero attached hydrogens (tertiary/aromatic N) is 2. The maximum absolute atomic E-state index is 12.9. The van der Waals surface area contributed by atoms with E-state index in [1.54, 1.807) is 38.5 Å². The topological polar surface area (TPSA) is 118 Å². The van der Waals surface area contributed by atoms with Crippen molar-refractivity contribution in [2.24, 2.45) is 13.0 Å². The van der Waals surface area contributed by atoms with Crippen LogP contribution in [0, 0.1) is 5.92 Å². The average molecular weight is 478 g/mol. The van der Waals surface area contributed by atoms with Crippen LogP contribution in [0.5, 0.6) is 0 Å². The summed E-state index contributed by atoms with van der Waals surface area (Å²) in [5, 5.41) is 12.4. The number of nitrogens with one attached hydrogen (secondary N) is 3. The Bertz CT molecular complexity index is 1170. The van der Waals surface area contributed by atoms with Gasteiger partial charge in [0.15, 0.2) is 5.76 Å². The van der Waals surface area contributed by atoms with Crippen LogP contribution >= 0.6 is 0 Å². The molecule has 1 atom stereocenters. The van der Waals surface area contributed by atoms with Gasteiger partial charge in [-0.3, -0.25) is 19.1 Å². The highest BCUT2D eigenvalue weighted by Gasteiger charge is 2.31. The van der Waals surface area contributed by atoms with Crippen molar-refractivity contribution in [2.45, 2.75) is 44.7 Å². The van der Waals surface area contributed by atoms with Gasteiger partial charge in [-0.1, -0.05) is 43.5 Å². The van der Waals surface area contributed by atoms with Crippen molar-refractivity contribution in [3.05, 3.63) is 65.7 Å². The summed E-state index contributed by atoms with van der Waals surface area (Å²) in [7, 11) is 3.31. The molecule has 35 heavy (non-hydrogen) atoms. The molecule has 9 heteroatoms. The Kier molecular flexibility index (Phi) is 7.64. The Hall–Kier alpha value is -3.88. The fourth-order valence-electron chi connectivity index (χ4n) is 4.50. The number of aromatic nitrogens is 2. The minimum atomic E-state index is -0.567. The second-order valence-corrected chi connectivity index (χ2v) is 8.85. The van der Waals surface area contributed by atoms with Crippen molar-refractivity contribution in [3.63, 3.8) is 0 Å². The smallest absolute Gasteiger partial charge is 0.287 e. The Balaban J connectivity index is 1.37. The van der Waals surface area contributed by atoms with E-state index in [1.165, 1.54) is 11.1 Å². The van der Waals surface area contributed by atoms with Crippen molar-refractivity contribution in [1.29, 1.82) is 0 Å². The summed E-state index contributed by atoms with van der Waals surface area (Å²) in [6.07, 6.45) is 6.75. The molecule has 1 aliphatic carbocycles. The van der Waals surface area contributed by atoms with Gasteiger partial charge in [-0.15, -0.1) is 0 Å². The molecule has 3 amide bonds. The van der Waals surface area contributed by atoms with Gasteiger partial charge in [0.25, 0.3) is 11.8 Å². The van der Waals surface area contributed by atoms with E-state index in [4.69, 9.17) is 4.42 Å². The molecule has 0 radical (unpaired) electrons. The Labute approximate surface area is 204 Å². The molecule has 1 unspecified atom stereocenters. The quantitative estimate of drug-likeness (QED) is 0.461. The van der Waals surface area contributed by atoms with Crippen LogP contribution in [0.4, 0.5) is 0 Å². The number of furan rings is 1. The van der Waals surface area contributed by atoms with Gasteiger partial charge in [0, 0.05) is 32.4 Å². The van der Waals surface area contributed by atoms with E-state index in [9.17, 15) is 14.4 Å². The zero-order valence-corrected chi connectivity index (χ0v) is 20.0. The highest BCUT2D eigenvalue weighted by molar-refractivity contribution is 5.96. The Morgan fingerprint density at radius 2 is 1.77 bits per heavy atom. The summed E-state index contributed by atoms with van der Waals surface area (Å²) in [6, 6.07) is 12.0. The maximum Gasteiger partial charge on any atom is 0.287 e. The van der Waals surface area contributed by atoms with Crippen LogP contribution in [0.1, 0.15) is 58.7 Å². The lowest BCUT2D eigenvalue weighted by atomic mass is 9.83. The first-order valence-corrected chi connectivity index (χ1v) is 11.9. The summed E-state index contributed by atoms with van der Waals surface area (Å²) >= 11 is 0. The Morgan fingerprint density at radius 1 is 1.03 bits per heavy atom. The molecule has 3 aromatic rings. The molecule has 0 spiro atoms. The molecule has 1 aromatic carbocycles. The summed E-state index contributed by atoms with van der Waals surface area (Å²) in [5.41, 5.74) is 2.22. The van der Waals surface area contributed by atoms with Crippen molar-refractivity contribution < 1.29 is 18.8 Å². The van der Waals surface area contributed by atoms with Crippen molar-refractivity contribution >= 4 is 17.7 Å². The molecule has 1 saturated carbocycles. The third-order valence-electron chi connectivity index (χ3n) is 6.51. The lowest BCUT2D eigenvalue weighted by Gasteiger charge is -2.29. The van der Waals surface area contributed by atoms with Crippen molar-refractivity contribution in [2.75, 3.05) is 7.05 Å². The standard InChI is InChI=1S/C26H31N5O4/c1-27-26(34)23(19-6-4-3-5-7-19)30-25(33)22-13-12-21(35-22)18-10-8-17(9-11-18)16-28-24(32)20-14-15-29-31(20)2/h8-15,19,23H,3-7,16H2,1-2H3,(H,27,34)(H,28,32)(H,30,33). The average Bonchev–Trinajstić information content (AvgIpc) is 3.56. The molecule has 1 fully saturated rings. The number of carbonyl (C=O) groups excluding carboxylic acids is 3. The lowest BCUT2D eigenvalue weighted by Crippen LogP contribution is -2.50. The highest BCUT2D eigenvalue weighted by atomic mass is 16.4. The predicted molar refractivity (Wildman–Crippen MR) is 130 cm³/mol. The largest absolute Gasteiger partial charge is 0.451 e. The molecular weight excluding hydrogens is 446 g/mol. The third kappa shape index (κ3) is 5.79. The normalized spacial score (nSPS) is 14.8. The van der Waals surface area contributed by atoms with E-state index in [-0.39, 0.29) is 23.5 Å². The number of benzene rings is 1. The molecule has 2 aromatic heterocycles. The number of likely N-dealkylation sites (N-methyl/N-ethyl adjacent to an activating group) is 1. The van der Waals surface area contributed by atoms with Gasteiger partial charge < -0.3 is 20.4 Å². The molecular formula is C26H31N5O4. The molecule has 2 heterocycles. The predicted octanol–water partition coefficient (Wildman–Crippen LogP) is 3.03. The zero-order valence-electron chi connectivity index (χ0n) is 20.0.